The second kappa shape index (κ2) is 9.48. The third-order valence-electron chi connectivity index (χ3n) is 3.96. The minimum Gasteiger partial charge on any atom is -0.462 e. The van der Waals surface area contributed by atoms with Gasteiger partial charge in [-0.1, -0.05) is 58.0 Å². The van der Waals surface area contributed by atoms with Gasteiger partial charge in [-0.25, -0.2) is 8.93 Å². The monoisotopic (exact) mass is 367 g/mol. The van der Waals surface area contributed by atoms with E-state index in [9.17, 15) is 9.00 Å². The van der Waals surface area contributed by atoms with Gasteiger partial charge in [-0.3, -0.25) is 4.79 Å². The quantitative estimate of drug-likeness (QED) is 0.693. The highest BCUT2D eigenvalue weighted by atomic mass is 32.2. The van der Waals surface area contributed by atoms with Crippen LogP contribution in [0.4, 0.5) is 0 Å². The largest absolute Gasteiger partial charge is 0.462 e. The second-order valence-corrected chi connectivity index (χ2v) is 10.1. The van der Waals surface area contributed by atoms with Gasteiger partial charge in [0.15, 0.2) is 0 Å². The molecule has 0 bridgehead atoms. The van der Waals surface area contributed by atoms with Crippen molar-refractivity contribution in [2.24, 2.45) is 11.8 Å². The number of esters is 1. The van der Waals surface area contributed by atoms with E-state index in [1.807, 2.05) is 78.8 Å². The number of ether oxygens (including phenoxy) is 1. The van der Waals surface area contributed by atoms with Crippen LogP contribution in [0.2, 0.25) is 0 Å². The number of carbonyl (C=O) groups is 1. The van der Waals surface area contributed by atoms with Gasteiger partial charge >= 0.3 is 5.97 Å². The van der Waals surface area contributed by atoms with Gasteiger partial charge in [0.25, 0.3) is 0 Å². The van der Waals surface area contributed by atoms with Crippen molar-refractivity contribution in [1.29, 1.82) is 0 Å². The van der Waals surface area contributed by atoms with Gasteiger partial charge in [0, 0.05) is 12.5 Å². The molecule has 0 spiro atoms. The molecule has 0 aromatic heterocycles. The van der Waals surface area contributed by atoms with E-state index in [1.165, 1.54) is 0 Å². The standard InChI is InChI=1S/C20H33NO3S/c1-14(2)18(24-19(22)15(3)4)13-17(16-11-9-8-10-12-16)21-25(23)20(5,6)7/h8-12,14-15,17-18,21H,13H2,1-7H3/t17-,18-,25?/m0/s1. The molecule has 5 heteroatoms. The summed E-state index contributed by atoms with van der Waals surface area (Å²) < 4.78 is 21.2. The molecule has 0 saturated carbocycles. The molecule has 1 aromatic carbocycles. The Labute approximate surface area is 155 Å². The molecular weight excluding hydrogens is 334 g/mol. The molecule has 4 nitrogen and oxygen atoms in total. The molecule has 1 aromatic rings. The zero-order valence-electron chi connectivity index (χ0n) is 16.5. The zero-order chi connectivity index (χ0) is 19.2. The SMILES string of the molecule is CC(C)C(=O)O[C@@H](C[C@H](NS(=O)C(C)(C)C)c1ccccc1)C(C)C. The molecule has 0 radical (unpaired) electrons. The Bertz CT molecular complexity index is 564. The van der Waals surface area contributed by atoms with E-state index in [4.69, 9.17) is 4.74 Å². The van der Waals surface area contributed by atoms with Crippen LogP contribution < -0.4 is 4.72 Å². The van der Waals surface area contributed by atoms with E-state index in [0.29, 0.717) is 6.42 Å². The van der Waals surface area contributed by atoms with Crippen molar-refractivity contribution in [2.45, 2.75) is 71.8 Å². The van der Waals surface area contributed by atoms with Crippen LogP contribution in [0, 0.1) is 11.8 Å². The Morgan fingerprint density at radius 1 is 1.12 bits per heavy atom. The number of carbonyl (C=O) groups excluding carboxylic acids is 1. The molecule has 1 unspecified atom stereocenters. The lowest BCUT2D eigenvalue weighted by atomic mass is 9.95. The smallest absolute Gasteiger partial charge is 0.308 e. The molecule has 0 amide bonds. The first kappa shape index (κ1) is 21.8. The molecule has 1 N–H and O–H groups in total. The first-order valence-corrected chi connectivity index (χ1v) is 10.1. The molecule has 0 aliphatic carbocycles. The fourth-order valence-corrected chi connectivity index (χ4v) is 3.06. The van der Waals surface area contributed by atoms with Crippen LogP contribution in [0.1, 0.15) is 66.5 Å². The summed E-state index contributed by atoms with van der Waals surface area (Å²) in [5.74, 6) is -0.172. The normalized spacial score (nSPS) is 15.9. The van der Waals surface area contributed by atoms with E-state index in [1.54, 1.807) is 0 Å². The summed E-state index contributed by atoms with van der Waals surface area (Å²) in [5, 5.41) is 0. The molecular formula is C20H33NO3S. The van der Waals surface area contributed by atoms with Crippen molar-refractivity contribution in [1.82, 2.24) is 4.72 Å². The van der Waals surface area contributed by atoms with Gasteiger partial charge in [-0.15, -0.1) is 0 Å². The highest BCUT2D eigenvalue weighted by molar-refractivity contribution is 7.84. The molecule has 3 atom stereocenters. The molecule has 0 heterocycles. The Kier molecular flexibility index (Phi) is 8.29. The van der Waals surface area contributed by atoms with E-state index in [0.717, 1.165) is 5.56 Å². The molecule has 0 saturated heterocycles. The van der Waals surface area contributed by atoms with E-state index < -0.39 is 11.0 Å². The third-order valence-corrected chi connectivity index (χ3v) is 5.57. The summed E-state index contributed by atoms with van der Waals surface area (Å²) in [7, 11) is -1.21. The van der Waals surface area contributed by atoms with Crippen LogP contribution in [0.15, 0.2) is 30.3 Å². The zero-order valence-corrected chi connectivity index (χ0v) is 17.4. The fraction of sp³-hybridized carbons (Fsp3) is 0.650. The number of hydrogen-bond acceptors (Lipinski definition) is 3. The van der Waals surface area contributed by atoms with Crippen molar-refractivity contribution < 1.29 is 13.7 Å². The van der Waals surface area contributed by atoms with Crippen LogP contribution in [0.5, 0.6) is 0 Å². The lowest BCUT2D eigenvalue weighted by molar-refractivity contribution is -0.155. The highest BCUT2D eigenvalue weighted by Crippen LogP contribution is 2.26. The Balaban J connectivity index is 3.01. The van der Waals surface area contributed by atoms with E-state index in [-0.39, 0.29) is 34.7 Å². The Hall–Kier alpha value is -1.20. The minimum absolute atomic E-state index is 0.145. The molecule has 25 heavy (non-hydrogen) atoms. The first-order valence-electron chi connectivity index (χ1n) is 8.95. The summed E-state index contributed by atoms with van der Waals surface area (Å²) in [6.45, 7) is 13.6. The van der Waals surface area contributed by atoms with Crippen LogP contribution >= 0.6 is 0 Å². The van der Waals surface area contributed by atoms with Crippen molar-refractivity contribution in [2.75, 3.05) is 0 Å². The Morgan fingerprint density at radius 2 is 1.68 bits per heavy atom. The lowest BCUT2D eigenvalue weighted by Gasteiger charge is -2.29. The first-order chi connectivity index (χ1) is 11.5. The Morgan fingerprint density at radius 3 is 2.12 bits per heavy atom. The van der Waals surface area contributed by atoms with E-state index >= 15 is 0 Å². The van der Waals surface area contributed by atoms with Crippen LogP contribution in [0.3, 0.4) is 0 Å². The maximum Gasteiger partial charge on any atom is 0.308 e. The number of benzene rings is 1. The van der Waals surface area contributed by atoms with Crippen LogP contribution in [0.25, 0.3) is 0 Å². The van der Waals surface area contributed by atoms with Crippen LogP contribution in [-0.2, 0) is 20.5 Å². The summed E-state index contributed by atoms with van der Waals surface area (Å²) in [5.41, 5.74) is 1.05. The second-order valence-electron chi connectivity index (χ2n) is 8.07. The van der Waals surface area contributed by atoms with E-state index in [2.05, 4.69) is 4.72 Å². The summed E-state index contributed by atoms with van der Waals surface area (Å²) in [6, 6.07) is 9.77. The molecule has 1 rings (SSSR count). The average molecular weight is 368 g/mol. The van der Waals surface area contributed by atoms with Crippen molar-refractivity contribution in [3.8, 4) is 0 Å². The minimum atomic E-state index is -1.21. The van der Waals surface area contributed by atoms with Crippen LogP contribution in [-0.4, -0.2) is 21.0 Å². The number of hydrogen-bond donors (Lipinski definition) is 1. The summed E-state index contributed by atoms with van der Waals surface area (Å²) in [4.78, 5) is 12.1. The molecule has 0 fully saturated rings. The van der Waals surface area contributed by atoms with Crippen molar-refractivity contribution >= 4 is 17.0 Å². The highest BCUT2D eigenvalue weighted by Gasteiger charge is 2.28. The molecule has 142 valence electrons. The van der Waals surface area contributed by atoms with Crippen molar-refractivity contribution in [3.05, 3.63) is 35.9 Å². The van der Waals surface area contributed by atoms with Gasteiger partial charge in [0.05, 0.1) is 21.7 Å². The van der Waals surface area contributed by atoms with Gasteiger partial charge in [-0.05, 0) is 32.3 Å². The third kappa shape index (κ3) is 7.28. The summed E-state index contributed by atoms with van der Waals surface area (Å²) >= 11 is 0. The lowest BCUT2D eigenvalue weighted by Crippen LogP contribution is -2.38. The number of nitrogens with one attached hydrogen (secondary N) is 1. The predicted octanol–water partition coefficient (Wildman–Crippen LogP) is 4.39. The maximum atomic E-state index is 12.6. The van der Waals surface area contributed by atoms with Gasteiger partial charge < -0.3 is 4.74 Å². The topological polar surface area (TPSA) is 55.4 Å². The number of rotatable bonds is 8. The van der Waals surface area contributed by atoms with Crippen molar-refractivity contribution in [3.63, 3.8) is 0 Å². The summed E-state index contributed by atoms with van der Waals surface area (Å²) in [6.07, 6.45) is 0.353. The van der Waals surface area contributed by atoms with Gasteiger partial charge in [-0.2, -0.15) is 0 Å². The maximum absolute atomic E-state index is 12.6. The molecule has 0 aliphatic heterocycles. The molecule has 0 aliphatic rings. The average Bonchev–Trinajstić information content (AvgIpc) is 2.52. The predicted molar refractivity (Wildman–Crippen MR) is 104 cm³/mol. The fourth-order valence-electron chi connectivity index (χ4n) is 2.22. The van der Waals surface area contributed by atoms with Gasteiger partial charge in [0.2, 0.25) is 0 Å². The van der Waals surface area contributed by atoms with Gasteiger partial charge in [0.1, 0.15) is 6.10 Å².